The van der Waals surface area contributed by atoms with Gasteiger partial charge in [0.2, 0.25) is 0 Å². The summed E-state index contributed by atoms with van der Waals surface area (Å²) < 4.78 is 26.4. The second-order valence-electron chi connectivity index (χ2n) is 7.87. The molecule has 0 saturated heterocycles. The summed E-state index contributed by atoms with van der Waals surface area (Å²) >= 11 is 3.43. The van der Waals surface area contributed by atoms with E-state index in [1.165, 1.54) is 0 Å². The number of phenols is 1. The van der Waals surface area contributed by atoms with Gasteiger partial charge in [0.25, 0.3) is 0 Å². The van der Waals surface area contributed by atoms with Crippen molar-refractivity contribution in [1.29, 1.82) is 0 Å². The highest BCUT2D eigenvalue weighted by molar-refractivity contribution is 9.10. The van der Waals surface area contributed by atoms with Crippen LogP contribution >= 0.6 is 15.9 Å². The van der Waals surface area contributed by atoms with Crippen LogP contribution in [0.15, 0.2) is 40.9 Å². The Kier molecular flexibility index (Phi) is 8.56. The van der Waals surface area contributed by atoms with E-state index in [0.717, 1.165) is 11.3 Å². The van der Waals surface area contributed by atoms with Gasteiger partial charge in [-0.2, -0.15) is 0 Å². The molecule has 0 aliphatic carbocycles. The van der Waals surface area contributed by atoms with Crippen LogP contribution in [0.1, 0.15) is 28.5 Å². The van der Waals surface area contributed by atoms with Gasteiger partial charge < -0.3 is 24.0 Å². The third kappa shape index (κ3) is 5.77. The van der Waals surface area contributed by atoms with Gasteiger partial charge in [-0.25, -0.2) is 4.79 Å². The lowest BCUT2D eigenvalue weighted by atomic mass is 10.0. The minimum Gasteiger partial charge on any atom is -0.506 e. The molecule has 0 radical (unpaired) electrons. The lowest BCUT2D eigenvalue weighted by molar-refractivity contribution is 0.0527. The summed E-state index contributed by atoms with van der Waals surface area (Å²) in [5.74, 6) is 0.795. The number of hydrogen-bond acceptors (Lipinski definition) is 6. The Balaban J connectivity index is 1.99. The van der Waals surface area contributed by atoms with Crippen LogP contribution < -0.4 is 4.74 Å². The third-order valence-corrected chi connectivity index (χ3v) is 7.03. The molecule has 1 N–H and O–H groups in total. The van der Waals surface area contributed by atoms with Crippen LogP contribution in [0.2, 0.25) is 0 Å². The molecule has 1 heterocycles. The van der Waals surface area contributed by atoms with Crippen molar-refractivity contribution < 1.29 is 23.6 Å². The predicted molar refractivity (Wildman–Crippen MR) is 134 cm³/mol. The fraction of sp³-hybridized carbons (Fsp3) is 0.375. The van der Waals surface area contributed by atoms with E-state index < -0.39 is 16.8 Å². The summed E-state index contributed by atoms with van der Waals surface area (Å²) in [4.78, 5) is 15.0. The van der Waals surface area contributed by atoms with Gasteiger partial charge >= 0.3 is 5.97 Å². The Labute approximate surface area is 204 Å². The molecule has 0 bridgehead atoms. The Morgan fingerprint density at radius 1 is 1.24 bits per heavy atom. The van der Waals surface area contributed by atoms with Crippen LogP contribution in [0.5, 0.6) is 11.5 Å². The number of aromatic hydroxyl groups is 1. The molecule has 1 atom stereocenters. The molecule has 0 fully saturated rings. The summed E-state index contributed by atoms with van der Waals surface area (Å²) in [5, 5.41) is 11.4. The highest BCUT2D eigenvalue weighted by atomic mass is 79.9. The number of para-hydroxylation sites is 1. The lowest BCUT2D eigenvalue weighted by Gasteiger charge is -2.15. The van der Waals surface area contributed by atoms with Gasteiger partial charge in [0, 0.05) is 41.0 Å². The van der Waals surface area contributed by atoms with Crippen LogP contribution in [0, 0.1) is 0 Å². The van der Waals surface area contributed by atoms with Crippen molar-refractivity contribution in [3.05, 3.63) is 57.7 Å². The van der Waals surface area contributed by atoms with Gasteiger partial charge in [-0.05, 0) is 55.1 Å². The maximum absolute atomic E-state index is 13.0. The number of aryl methyl sites for hydroxylation is 1. The van der Waals surface area contributed by atoms with Crippen LogP contribution in [0.4, 0.5) is 0 Å². The topological polar surface area (TPSA) is 81.0 Å². The van der Waals surface area contributed by atoms with Crippen molar-refractivity contribution in [3.8, 4) is 11.5 Å². The number of phenolic OH excluding ortho intramolecular Hbond substituents is 1. The molecule has 33 heavy (non-hydrogen) atoms. The number of carbonyl (C=O) groups is 1. The number of hydrogen-bond donors (Lipinski definition) is 1. The molecule has 0 aliphatic rings. The number of carbonyl (C=O) groups excluding carboxylic acids is 1. The average Bonchev–Trinajstić information content (AvgIpc) is 3.03. The highest BCUT2D eigenvalue weighted by Gasteiger charge is 2.28. The molecular formula is C24H29BrN2O5S. The van der Waals surface area contributed by atoms with Gasteiger partial charge in [0.15, 0.2) is 0 Å². The van der Waals surface area contributed by atoms with Gasteiger partial charge in [0.05, 0.1) is 40.3 Å². The normalized spacial score (nSPS) is 12.3. The van der Waals surface area contributed by atoms with Crippen LogP contribution in [-0.2, 0) is 34.9 Å². The standard InChI is InChI=1S/C24H29BrN2O5S/c1-5-31-24(29)22-20(15-33(30)12-11-32-16-9-7-6-8-10-16)27(4)19-13-18(25)23(28)17(21(19)22)14-26(2)3/h6-10,13,28H,5,11-12,14-15H2,1-4H3. The predicted octanol–water partition coefficient (Wildman–Crippen LogP) is 4.21. The Morgan fingerprint density at radius 2 is 1.94 bits per heavy atom. The van der Waals surface area contributed by atoms with E-state index >= 15 is 0 Å². The first-order chi connectivity index (χ1) is 15.7. The van der Waals surface area contributed by atoms with E-state index in [0.29, 0.717) is 45.6 Å². The van der Waals surface area contributed by atoms with E-state index in [-0.39, 0.29) is 18.1 Å². The molecule has 0 saturated carbocycles. The quantitative estimate of drug-likeness (QED) is 0.391. The van der Waals surface area contributed by atoms with Crippen molar-refractivity contribution in [2.24, 2.45) is 7.05 Å². The van der Waals surface area contributed by atoms with E-state index in [2.05, 4.69) is 15.9 Å². The number of halogens is 1. The lowest BCUT2D eigenvalue weighted by Crippen LogP contribution is -2.15. The Hall–Kier alpha value is -2.36. The molecule has 1 unspecified atom stereocenters. The minimum absolute atomic E-state index is 0.0799. The van der Waals surface area contributed by atoms with E-state index in [4.69, 9.17) is 9.47 Å². The zero-order valence-corrected chi connectivity index (χ0v) is 21.7. The smallest absolute Gasteiger partial charge is 0.340 e. The average molecular weight is 537 g/mol. The number of ether oxygens (including phenoxy) is 2. The van der Waals surface area contributed by atoms with E-state index in [9.17, 15) is 14.1 Å². The maximum Gasteiger partial charge on any atom is 0.340 e. The highest BCUT2D eigenvalue weighted by Crippen LogP contribution is 2.40. The summed E-state index contributed by atoms with van der Waals surface area (Å²) in [6, 6.07) is 11.1. The first-order valence-corrected chi connectivity index (χ1v) is 12.9. The molecule has 2 aromatic carbocycles. The number of rotatable bonds is 10. The van der Waals surface area contributed by atoms with Gasteiger partial charge in [-0.3, -0.25) is 4.21 Å². The Morgan fingerprint density at radius 3 is 2.58 bits per heavy atom. The van der Waals surface area contributed by atoms with Gasteiger partial charge in [0.1, 0.15) is 11.5 Å². The number of aromatic nitrogens is 1. The van der Waals surface area contributed by atoms with Crippen molar-refractivity contribution in [2.45, 2.75) is 19.2 Å². The molecular weight excluding hydrogens is 508 g/mol. The number of fused-ring (bicyclic) bond motifs is 1. The second-order valence-corrected chi connectivity index (χ2v) is 10.3. The van der Waals surface area contributed by atoms with Crippen LogP contribution in [-0.4, -0.2) is 57.8 Å². The first kappa shape index (κ1) is 25.3. The van der Waals surface area contributed by atoms with E-state index in [1.807, 2.05) is 60.9 Å². The third-order valence-electron chi connectivity index (χ3n) is 5.21. The number of benzene rings is 2. The number of nitrogens with zero attached hydrogens (tertiary/aromatic N) is 2. The largest absolute Gasteiger partial charge is 0.506 e. The van der Waals surface area contributed by atoms with Gasteiger partial charge in [-0.15, -0.1) is 0 Å². The summed E-state index contributed by atoms with van der Waals surface area (Å²) in [6.07, 6.45) is 0. The fourth-order valence-corrected chi connectivity index (χ4v) is 5.25. The summed E-state index contributed by atoms with van der Waals surface area (Å²) in [7, 11) is 4.34. The fourth-order valence-electron chi connectivity index (χ4n) is 3.73. The molecule has 0 spiro atoms. The summed E-state index contributed by atoms with van der Waals surface area (Å²) in [5.41, 5.74) is 2.34. The minimum atomic E-state index is -1.28. The number of esters is 1. The molecule has 9 heteroatoms. The van der Waals surface area contributed by atoms with E-state index in [1.54, 1.807) is 13.0 Å². The maximum atomic E-state index is 13.0. The molecule has 3 rings (SSSR count). The second kappa shape index (κ2) is 11.2. The Bertz CT molecular complexity index is 1160. The van der Waals surface area contributed by atoms with Crippen LogP contribution in [0.3, 0.4) is 0 Å². The SMILES string of the molecule is CCOC(=O)c1c(CS(=O)CCOc2ccccc2)n(C)c2cc(Br)c(O)c(CN(C)C)c12. The van der Waals surface area contributed by atoms with Crippen LogP contribution in [0.25, 0.3) is 10.9 Å². The van der Waals surface area contributed by atoms with Crippen molar-refractivity contribution >= 4 is 43.6 Å². The molecule has 178 valence electrons. The monoisotopic (exact) mass is 536 g/mol. The molecule has 1 aromatic heterocycles. The first-order valence-electron chi connectivity index (χ1n) is 10.6. The summed E-state index contributed by atoms with van der Waals surface area (Å²) in [6.45, 7) is 2.68. The van der Waals surface area contributed by atoms with Crippen molar-refractivity contribution in [3.63, 3.8) is 0 Å². The van der Waals surface area contributed by atoms with Gasteiger partial charge in [-0.1, -0.05) is 18.2 Å². The zero-order valence-electron chi connectivity index (χ0n) is 19.3. The molecule has 3 aromatic rings. The zero-order chi connectivity index (χ0) is 24.1. The molecule has 7 nitrogen and oxygen atoms in total. The molecule has 0 amide bonds. The molecule has 0 aliphatic heterocycles. The van der Waals surface area contributed by atoms with Crippen molar-refractivity contribution in [1.82, 2.24) is 9.47 Å². The van der Waals surface area contributed by atoms with Crippen molar-refractivity contribution in [2.75, 3.05) is 33.1 Å².